The van der Waals surface area contributed by atoms with Crippen LogP contribution in [0.25, 0.3) is 72.1 Å². The molecule has 1 aliphatic heterocycles. The van der Waals surface area contributed by atoms with E-state index in [4.69, 9.17) is 15.2 Å². The summed E-state index contributed by atoms with van der Waals surface area (Å²) in [4.78, 5) is 8.86. The van der Waals surface area contributed by atoms with Gasteiger partial charge in [-0.3, -0.25) is 0 Å². The minimum absolute atomic E-state index is 0. The molecule has 3 heterocycles. The quantitative estimate of drug-likeness (QED) is 0.135. The van der Waals surface area contributed by atoms with E-state index >= 15 is 0 Å². The molecule has 5 nitrogen and oxygen atoms in total. The fourth-order valence-electron chi connectivity index (χ4n) is 9.57. The Hall–Kier alpha value is -7.98. The minimum atomic E-state index is -2.45. The van der Waals surface area contributed by atoms with Crippen molar-refractivity contribution in [1.82, 2.24) is 9.55 Å². The molecule has 6 heteroatoms. The van der Waals surface area contributed by atoms with Crippen molar-refractivity contribution in [3.63, 3.8) is 0 Å². The summed E-state index contributed by atoms with van der Waals surface area (Å²) in [6.45, 7) is 6.13. The predicted molar refractivity (Wildman–Crippen MR) is 289 cm³/mol. The Labute approximate surface area is 439 Å². The Morgan fingerprint density at radius 2 is 1.21 bits per heavy atom. The number of pyridine rings is 1. The molecule has 0 spiro atoms. The van der Waals surface area contributed by atoms with Crippen molar-refractivity contribution in [2.24, 2.45) is 0 Å². The number of anilines is 4. The summed E-state index contributed by atoms with van der Waals surface area (Å²) in [6, 6.07) is 70.3. The molecule has 0 aliphatic carbocycles. The molecule has 0 fully saturated rings. The van der Waals surface area contributed by atoms with Crippen molar-refractivity contribution in [2.75, 3.05) is 9.80 Å². The molecular weight excluding hydrogens is 1050 g/mol. The van der Waals surface area contributed by atoms with Crippen molar-refractivity contribution in [3.8, 4) is 61.8 Å². The number of benzene rings is 9. The summed E-state index contributed by atoms with van der Waals surface area (Å²) in [6.07, 6.45) is 1.61. The zero-order valence-corrected chi connectivity index (χ0v) is 41.4. The zero-order valence-electron chi connectivity index (χ0n) is 45.1. The average molecular weight is 1100 g/mol. The van der Waals surface area contributed by atoms with Gasteiger partial charge in [0.25, 0.3) is 0 Å². The van der Waals surface area contributed by atoms with Crippen LogP contribution in [0.2, 0.25) is 0 Å². The van der Waals surface area contributed by atoms with Crippen molar-refractivity contribution < 1.29 is 34.0 Å². The van der Waals surface area contributed by atoms with E-state index in [9.17, 15) is 2.74 Å². The molecule has 0 saturated carbocycles. The maximum Gasteiger partial charge on any atom is 0.135 e. The molecule has 71 heavy (non-hydrogen) atoms. The van der Waals surface area contributed by atoms with Crippen molar-refractivity contribution in [2.45, 2.75) is 33.0 Å². The van der Waals surface area contributed by atoms with Gasteiger partial charge in [-0.1, -0.05) is 178 Å². The molecule has 0 atom stereocenters. The predicted octanol–water partition coefficient (Wildman–Crippen LogP) is 17.3. The SMILES string of the molecule is [2H]c1c(Oc2[c-]c3c(cc2)c2ccccc2n3-c2cc(C([2H])([2H])[2H])c(-c3ccccc3)cn2)[c-]c(N2[CH-]N(c3c(-c4ccc(C(C)(C)C)cc4)cccc3-c3cccc(-c4ccccc4)c3)c3ccccc32)c([2H])c1[2H].[Pt]. The Bertz CT molecular complexity index is 4020. The van der Waals surface area contributed by atoms with Gasteiger partial charge in [-0.15, -0.1) is 48.0 Å². The molecule has 348 valence electrons. The van der Waals surface area contributed by atoms with Crippen LogP contribution in [0.15, 0.2) is 218 Å². The number of aromatic nitrogens is 2. The summed E-state index contributed by atoms with van der Waals surface area (Å²) < 4.78 is 61.9. The fraction of sp³-hybridized carbons (Fsp3) is 0.0769. The van der Waals surface area contributed by atoms with E-state index in [1.54, 1.807) is 18.3 Å². The standard InChI is InChI=1S/C65H49N4O.Pt/c1-44-38-63(66-42-58(44)46-20-9-6-10-21-46)69-59-29-12-11-26-56(59)57-37-36-53(41-62(57)69)70-52-25-16-24-51(40-52)67-43-68(61-31-14-13-30-60(61)67)64-54(47-32-34-50(35-33-47)65(2,3)4)27-17-28-55(64)49-23-15-22-48(39-49)45-18-7-5-8-19-45;/h5-39,42-43H,1-4H3;/q-3;/i1D3,16D,24D,25D;. The molecular formula is C65H49N4OPt-3. The molecule has 2 aromatic heterocycles. The molecule has 0 bridgehead atoms. The van der Waals surface area contributed by atoms with E-state index in [0.29, 0.717) is 16.9 Å². The van der Waals surface area contributed by atoms with E-state index in [0.717, 1.165) is 72.3 Å². The minimum Gasteiger partial charge on any atom is -0.509 e. The number of aryl methyl sites for hydroxylation is 1. The monoisotopic (exact) mass is 1100 g/mol. The average Bonchev–Trinajstić information content (AvgIpc) is 4.07. The maximum atomic E-state index is 9.41. The van der Waals surface area contributed by atoms with Gasteiger partial charge in [0.15, 0.2) is 0 Å². The van der Waals surface area contributed by atoms with Gasteiger partial charge >= 0.3 is 0 Å². The summed E-state index contributed by atoms with van der Waals surface area (Å²) >= 11 is 0. The summed E-state index contributed by atoms with van der Waals surface area (Å²) in [7, 11) is 0. The topological polar surface area (TPSA) is 33.5 Å². The second-order valence-electron chi connectivity index (χ2n) is 18.5. The summed E-state index contributed by atoms with van der Waals surface area (Å²) in [5.41, 5.74) is 12.9. The first kappa shape index (κ1) is 38.8. The van der Waals surface area contributed by atoms with Crippen LogP contribution in [0, 0.1) is 25.7 Å². The Kier molecular flexibility index (Phi) is 10.2. The van der Waals surface area contributed by atoms with Crippen LogP contribution in [0.1, 0.15) is 40.1 Å². The molecule has 9 aromatic carbocycles. The van der Waals surface area contributed by atoms with Gasteiger partial charge in [-0.2, -0.15) is 12.1 Å². The van der Waals surface area contributed by atoms with Gasteiger partial charge in [0.1, 0.15) is 5.82 Å². The molecule has 0 amide bonds. The van der Waals surface area contributed by atoms with Gasteiger partial charge in [0, 0.05) is 83.5 Å². The molecule has 0 saturated heterocycles. The normalized spacial score (nSPS) is 13.7. The molecule has 12 rings (SSSR count). The van der Waals surface area contributed by atoms with E-state index in [-0.39, 0.29) is 67.4 Å². The molecule has 0 N–H and O–H groups in total. The number of fused-ring (bicyclic) bond motifs is 4. The first-order chi connectivity index (χ1) is 36.7. The second-order valence-corrected chi connectivity index (χ2v) is 18.5. The fourth-order valence-corrected chi connectivity index (χ4v) is 9.57. The number of hydrogen-bond donors (Lipinski definition) is 0. The number of rotatable bonds is 9. The smallest absolute Gasteiger partial charge is 0.135 e. The Morgan fingerprint density at radius 3 is 1.97 bits per heavy atom. The zero-order chi connectivity index (χ0) is 52.5. The van der Waals surface area contributed by atoms with Gasteiger partial charge in [-0.05, 0) is 89.7 Å². The largest absolute Gasteiger partial charge is 0.509 e. The first-order valence-corrected chi connectivity index (χ1v) is 23.4. The molecule has 0 unspecified atom stereocenters. The van der Waals surface area contributed by atoms with Crippen molar-refractivity contribution in [1.29, 1.82) is 0 Å². The molecule has 1 aliphatic rings. The first-order valence-electron chi connectivity index (χ1n) is 26.4. The number of nitrogens with zero attached hydrogens (tertiary/aromatic N) is 4. The van der Waals surface area contributed by atoms with Crippen LogP contribution < -0.4 is 14.5 Å². The van der Waals surface area contributed by atoms with E-state index in [1.165, 1.54) is 5.56 Å². The molecule has 0 radical (unpaired) electrons. The number of ether oxygens (including phenoxy) is 1. The van der Waals surface area contributed by atoms with Crippen molar-refractivity contribution >= 4 is 44.6 Å². The number of hydrogen-bond acceptors (Lipinski definition) is 4. The molecule has 11 aromatic rings. The third-order valence-electron chi connectivity index (χ3n) is 13.1. The van der Waals surface area contributed by atoms with E-state index < -0.39 is 6.85 Å². The third-order valence-corrected chi connectivity index (χ3v) is 13.1. The van der Waals surface area contributed by atoms with Crippen LogP contribution in [-0.2, 0) is 26.5 Å². The second kappa shape index (κ2) is 18.7. The Morgan fingerprint density at radius 1 is 0.563 bits per heavy atom. The summed E-state index contributed by atoms with van der Waals surface area (Å²) in [5, 5.41) is 1.72. The van der Waals surface area contributed by atoms with Crippen LogP contribution in [0.3, 0.4) is 0 Å². The van der Waals surface area contributed by atoms with Gasteiger partial charge in [-0.25, -0.2) is 4.98 Å². The van der Waals surface area contributed by atoms with Crippen LogP contribution >= 0.6 is 0 Å². The van der Waals surface area contributed by atoms with Crippen LogP contribution in [0.5, 0.6) is 11.5 Å². The van der Waals surface area contributed by atoms with Gasteiger partial charge in [0.2, 0.25) is 0 Å². The van der Waals surface area contributed by atoms with E-state index in [2.05, 4.69) is 117 Å². The van der Waals surface area contributed by atoms with Crippen LogP contribution in [-0.4, -0.2) is 9.55 Å². The number of para-hydroxylation sites is 4. The van der Waals surface area contributed by atoms with Crippen molar-refractivity contribution in [3.05, 3.63) is 248 Å². The van der Waals surface area contributed by atoms with E-state index in [1.807, 2.05) is 119 Å². The van der Waals surface area contributed by atoms with Gasteiger partial charge < -0.3 is 19.1 Å². The van der Waals surface area contributed by atoms with Crippen LogP contribution in [0.4, 0.5) is 22.7 Å². The third kappa shape index (κ3) is 8.51. The maximum absolute atomic E-state index is 9.41. The summed E-state index contributed by atoms with van der Waals surface area (Å²) in [5.74, 6) is 0.546. The van der Waals surface area contributed by atoms with Gasteiger partial charge in [0.05, 0.1) is 0 Å². The Balaban J connectivity index is 0.00000631.